The summed E-state index contributed by atoms with van der Waals surface area (Å²) in [5.41, 5.74) is 1.96. The van der Waals surface area contributed by atoms with Gasteiger partial charge in [-0.3, -0.25) is 0 Å². The topological polar surface area (TPSA) is 39.9 Å². The third-order valence-electron chi connectivity index (χ3n) is 4.49. The molecule has 1 aliphatic heterocycles. The van der Waals surface area contributed by atoms with Crippen LogP contribution in [0.2, 0.25) is 5.15 Å². The van der Waals surface area contributed by atoms with E-state index in [-0.39, 0.29) is 6.23 Å². The van der Waals surface area contributed by atoms with Gasteiger partial charge in [-0.25, -0.2) is 9.97 Å². The molecule has 3 heterocycles. The minimum atomic E-state index is 0.0108. The molecule has 2 aromatic rings. The van der Waals surface area contributed by atoms with Crippen LogP contribution in [0.3, 0.4) is 0 Å². The Balaban J connectivity index is 2.12. The first-order chi connectivity index (χ1) is 11.1. The Hall–Kier alpha value is -1.04. The molecular formula is C17H22ClN3OS. The first-order valence-electron chi connectivity index (χ1n) is 7.96. The lowest BCUT2D eigenvalue weighted by atomic mass is 10.0. The molecule has 3 atom stereocenters. The largest absolute Gasteiger partial charge is 0.354 e. The van der Waals surface area contributed by atoms with E-state index in [0.29, 0.717) is 22.3 Å². The highest BCUT2D eigenvalue weighted by Crippen LogP contribution is 2.38. The van der Waals surface area contributed by atoms with E-state index in [9.17, 15) is 0 Å². The molecule has 0 aromatic carbocycles. The third kappa shape index (κ3) is 3.02. The number of hydrogen-bond donors (Lipinski definition) is 0. The first kappa shape index (κ1) is 16.8. The molecule has 0 aliphatic carbocycles. The Bertz CT molecular complexity index is 730. The van der Waals surface area contributed by atoms with Crippen LogP contribution in [0, 0.1) is 5.92 Å². The number of rotatable bonds is 5. The van der Waals surface area contributed by atoms with Crippen molar-refractivity contribution in [2.45, 2.75) is 50.6 Å². The predicted molar refractivity (Wildman–Crippen MR) is 96.2 cm³/mol. The molecule has 0 radical (unpaired) electrons. The fourth-order valence-corrected chi connectivity index (χ4v) is 4.02. The van der Waals surface area contributed by atoms with Gasteiger partial charge >= 0.3 is 0 Å². The Morgan fingerprint density at radius 1 is 1.52 bits per heavy atom. The van der Waals surface area contributed by atoms with Crippen molar-refractivity contribution >= 4 is 34.4 Å². The van der Waals surface area contributed by atoms with Crippen molar-refractivity contribution in [3.63, 3.8) is 0 Å². The van der Waals surface area contributed by atoms with Crippen LogP contribution in [0.15, 0.2) is 24.0 Å². The average molecular weight is 352 g/mol. The standard InChI is InChI=1S/C17H22ClN3OS/c1-5-7-11-9-21(13-8-10(3)12(6-2)22-13)16-14(11)15(18)19-17(20-16)23-4/h5,9-10,12-13H,1,6-8H2,2-4H3. The minimum Gasteiger partial charge on any atom is -0.354 e. The Kier molecular flexibility index (Phi) is 4.99. The van der Waals surface area contributed by atoms with Crippen LogP contribution in [-0.4, -0.2) is 26.9 Å². The van der Waals surface area contributed by atoms with Crippen LogP contribution in [-0.2, 0) is 11.2 Å². The van der Waals surface area contributed by atoms with Crippen molar-refractivity contribution in [1.29, 1.82) is 0 Å². The quantitative estimate of drug-likeness (QED) is 0.333. The molecule has 2 aromatic heterocycles. The number of ether oxygens (including phenoxy) is 1. The summed E-state index contributed by atoms with van der Waals surface area (Å²) in [7, 11) is 0. The van der Waals surface area contributed by atoms with E-state index >= 15 is 0 Å². The molecule has 23 heavy (non-hydrogen) atoms. The molecular weight excluding hydrogens is 330 g/mol. The SMILES string of the molecule is C=CCc1cn(C2CC(C)C(CC)O2)c2nc(SC)nc(Cl)c12. The van der Waals surface area contributed by atoms with Crippen molar-refractivity contribution in [2.75, 3.05) is 6.26 Å². The lowest BCUT2D eigenvalue weighted by Gasteiger charge is -2.15. The summed E-state index contributed by atoms with van der Waals surface area (Å²) in [4.78, 5) is 9.07. The van der Waals surface area contributed by atoms with Gasteiger partial charge in [0, 0.05) is 6.20 Å². The summed E-state index contributed by atoms with van der Waals surface area (Å²) in [6.45, 7) is 8.26. The van der Waals surface area contributed by atoms with Crippen LogP contribution in [0.5, 0.6) is 0 Å². The molecule has 1 aliphatic rings. The lowest BCUT2D eigenvalue weighted by Crippen LogP contribution is -2.12. The fraction of sp³-hybridized carbons (Fsp3) is 0.529. The number of nitrogens with zero attached hydrogens (tertiary/aromatic N) is 3. The second kappa shape index (κ2) is 6.83. The fourth-order valence-electron chi connectivity index (χ4n) is 3.32. The van der Waals surface area contributed by atoms with E-state index in [1.165, 1.54) is 11.8 Å². The van der Waals surface area contributed by atoms with Crippen molar-refractivity contribution in [2.24, 2.45) is 5.92 Å². The summed E-state index contributed by atoms with van der Waals surface area (Å²) in [6, 6.07) is 0. The zero-order valence-corrected chi connectivity index (χ0v) is 15.3. The van der Waals surface area contributed by atoms with E-state index < -0.39 is 0 Å². The van der Waals surface area contributed by atoms with Crippen LogP contribution in [0.1, 0.15) is 38.5 Å². The molecule has 0 spiro atoms. The maximum Gasteiger partial charge on any atom is 0.190 e. The van der Waals surface area contributed by atoms with Crippen molar-refractivity contribution < 1.29 is 4.74 Å². The second-order valence-corrected chi connectivity index (χ2v) is 7.14. The molecule has 4 nitrogen and oxygen atoms in total. The van der Waals surface area contributed by atoms with E-state index in [4.69, 9.17) is 21.3 Å². The number of aromatic nitrogens is 3. The summed E-state index contributed by atoms with van der Waals surface area (Å²) < 4.78 is 8.38. The van der Waals surface area contributed by atoms with Gasteiger partial charge in [0.15, 0.2) is 5.16 Å². The maximum absolute atomic E-state index is 6.43. The van der Waals surface area contributed by atoms with Crippen LogP contribution >= 0.6 is 23.4 Å². The van der Waals surface area contributed by atoms with Gasteiger partial charge in [0.25, 0.3) is 0 Å². The third-order valence-corrected chi connectivity index (χ3v) is 5.31. The molecule has 3 unspecified atom stereocenters. The van der Waals surface area contributed by atoms with Gasteiger partial charge in [0.05, 0.1) is 11.5 Å². The molecule has 6 heteroatoms. The van der Waals surface area contributed by atoms with Crippen LogP contribution in [0.25, 0.3) is 11.0 Å². The number of halogens is 1. The van der Waals surface area contributed by atoms with Gasteiger partial charge < -0.3 is 9.30 Å². The van der Waals surface area contributed by atoms with Gasteiger partial charge in [0.2, 0.25) is 0 Å². The van der Waals surface area contributed by atoms with Crippen LogP contribution < -0.4 is 0 Å². The summed E-state index contributed by atoms with van der Waals surface area (Å²) in [6.07, 6.45) is 9.02. The smallest absolute Gasteiger partial charge is 0.190 e. The summed E-state index contributed by atoms with van der Waals surface area (Å²) in [5, 5.41) is 2.11. The number of fused-ring (bicyclic) bond motifs is 1. The van der Waals surface area contributed by atoms with E-state index in [1.54, 1.807) is 0 Å². The molecule has 0 saturated carbocycles. The van der Waals surface area contributed by atoms with Gasteiger partial charge in [-0.05, 0) is 37.0 Å². The highest BCUT2D eigenvalue weighted by Gasteiger charge is 2.33. The van der Waals surface area contributed by atoms with Gasteiger partial charge in [-0.2, -0.15) is 0 Å². The molecule has 124 valence electrons. The van der Waals surface area contributed by atoms with Gasteiger partial charge in [0.1, 0.15) is 17.0 Å². The van der Waals surface area contributed by atoms with Crippen LogP contribution in [0.4, 0.5) is 0 Å². The molecule has 0 amide bonds. The minimum absolute atomic E-state index is 0.0108. The Morgan fingerprint density at radius 2 is 2.30 bits per heavy atom. The first-order valence-corrected chi connectivity index (χ1v) is 9.56. The molecule has 1 fully saturated rings. The van der Waals surface area contributed by atoms with Crippen molar-refractivity contribution in [3.05, 3.63) is 29.6 Å². The summed E-state index contributed by atoms with van der Waals surface area (Å²) in [5.74, 6) is 0.544. The van der Waals surface area contributed by atoms with Crippen molar-refractivity contribution in [1.82, 2.24) is 14.5 Å². The second-order valence-electron chi connectivity index (χ2n) is 6.00. The van der Waals surface area contributed by atoms with E-state index in [2.05, 4.69) is 36.2 Å². The zero-order chi connectivity index (χ0) is 16.6. The highest BCUT2D eigenvalue weighted by atomic mass is 35.5. The Morgan fingerprint density at radius 3 is 2.91 bits per heavy atom. The lowest BCUT2D eigenvalue weighted by molar-refractivity contribution is -0.00284. The van der Waals surface area contributed by atoms with Gasteiger partial charge in [-0.1, -0.05) is 43.3 Å². The van der Waals surface area contributed by atoms with Gasteiger partial charge in [-0.15, -0.1) is 6.58 Å². The predicted octanol–water partition coefficient (Wildman–Crippen LogP) is 4.87. The number of thioether (sulfide) groups is 1. The highest BCUT2D eigenvalue weighted by molar-refractivity contribution is 7.98. The number of allylic oxidation sites excluding steroid dienone is 1. The van der Waals surface area contributed by atoms with Crippen molar-refractivity contribution in [3.8, 4) is 0 Å². The molecule has 0 bridgehead atoms. The monoisotopic (exact) mass is 351 g/mol. The Labute approximate surface area is 146 Å². The summed E-state index contributed by atoms with van der Waals surface area (Å²) >= 11 is 7.93. The number of hydrogen-bond acceptors (Lipinski definition) is 4. The zero-order valence-electron chi connectivity index (χ0n) is 13.8. The molecule has 3 rings (SSSR count). The normalized spacial score (nSPS) is 24.4. The molecule has 0 N–H and O–H groups in total. The maximum atomic E-state index is 6.43. The van der Waals surface area contributed by atoms with E-state index in [0.717, 1.165) is 35.9 Å². The van der Waals surface area contributed by atoms with E-state index in [1.807, 2.05) is 12.3 Å². The molecule has 1 saturated heterocycles. The average Bonchev–Trinajstić information content (AvgIpc) is 3.08.